The maximum absolute atomic E-state index is 13.4. The van der Waals surface area contributed by atoms with Gasteiger partial charge < -0.3 is 0 Å². The molecule has 1 heterocycles. The summed E-state index contributed by atoms with van der Waals surface area (Å²) in [6, 6.07) is 7.05. The molecule has 0 radical (unpaired) electrons. The molecular weight excluding hydrogens is 305 g/mol. The van der Waals surface area contributed by atoms with E-state index in [1.807, 2.05) is 16.8 Å². The highest BCUT2D eigenvalue weighted by Crippen LogP contribution is 2.33. The number of hydrogen-bond donors (Lipinski definition) is 0. The van der Waals surface area contributed by atoms with E-state index in [0.29, 0.717) is 6.04 Å². The number of tetrazole rings is 1. The molecule has 1 aromatic carbocycles. The average molecular weight is 331 g/mol. The molecule has 5 nitrogen and oxygen atoms in total. The average Bonchev–Trinajstić information content (AvgIpc) is 3.10. The lowest BCUT2D eigenvalue weighted by atomic mass is 9.95. The van der Waals surface area contributed by atoms with Crippen molar-refractivity contribution in [3.05, 3.63) is 41.5 Å². The van der Waals surface area contributed by atoms with Gasteiger partial charge in [-0.05, 0) is 54.1 Å². The van der Waals surface area contributed by atoms with Crippen molar-refractivity contribution in [1.82, 2.24) is 25.1 Å². The van der Waals surface area contributed by atoms with E-state index in [2.05, 4.69) is 34.3 Å². The van der Waals surface area contributed by atoms with Crippen LogP contribution in [-0.2, 0) is 0 Å². The predicted octanol–water partition coefficient (Wildman–Crippen LogP) is 3.75. The van der Waals surface area contributed by atoms with Crippen LogP contribution in [0.1, 0.15) is 69.4 Å². The van der Waals surface area contributed by atoms with Crippen molar-refractivity contribution in [2.75, 3.05) is 13.1 Å². The molecule has 6 heteroatoms. The molecule has 1 aliphatic rings. The van der Waals surface area contributed by atoms with Gasteiger partial charge >= 0.3 is 0 Å². The van der Waals surface area contributed by atoms with Gasteiger partial charge in [-0.2, -0.15) is 0 Å². The molecule has 0 aliphatic heterocycles. The number of rotatable bonds is 6. The minimum absolute atomic E-state index is 0.0440. The molecule has 1 fully saturated rings. The molecule has 0 amide bonds. The first-order chi connectivity index (χ1) is 11.7. The molecule has 1 saturated carbocycles. The van der Waals surface area contributed by atoms with Gasteiger partial charge in [0.25, 0.3) is 0 Å². The third-order valence-electron chi connectivity index (χ3n) is 5.05. The van der Waals surface area contributed by atoms with Crippen LogP contribution < -0.4 is 0 Å². The van der Waals surface area contributed by atoms with Crippen LogP contribution in [0.2, 0.25) is 0 Å². The fourth-order valence-electron chi connectivity index (χ4n) is 3.72. The highest BCUT2D eigenvalue weighted by molar-refractivity contribution is 5.25. The second-order valence-corrected chi connectivity index (χ2v) is 6.45. The second-order valence-electron chi connectivity index (χ2n) is 6.45. The summed E-state index contributed by atoms with van der Waals surface area (Å²) in [6.07, 6.45) is 6.02. The van der Waals surface area contributed by atoms with Crippen LogP contribution in [0.4, 0.5) is 4.39 Å². The molecule has 0 saturated heterocycles. The Bertz CT molecular complexity index is 629. The zero-order valence-corrected chi connectivity index (χ0v) is 14.5. The van der Waals surface area contributed by atoms with E-state index < -0.39 is 0 Å². The van der Waals surface area contributed by atoms with Gasteiger partial charge in [-0.25, -0.2) is 9.07 Å². The van der Waals surface area contributed by atoms with Gasteiger partial charge in [0.15, 0.2) is 5.82 Å². The Balaban J connectivity index is 1.99. The standard InChI is InChI=1S/C18H26FN5/c1-3-23(4-2)17(14-10-12-15(19)13-11-14)18-20-21-22-24(18)16-8-6-5-7-9-16/h10-13,16-17H,3-9H2,1-2H3/t17-/m0/s1. The fourth-order valence-corrected chi connectivity index (χ4v) is 3.72. The maximum Gasteiger partial charge on any atom is 0.173 e. The van der Waals surface area contributed by atoms with E-state index in [4.69, 9.17) is 0 Å². The van der Waals surface area contributed by atoms with Crippen LogP contribution in [0.15, 0.2) is 24.3 Å². The lowest BCUT2D eigenvalue weighted by Crippen LogP contribution is -2.32. The number of benzene rings is 1. The second kappa shape index (κ2) is 7.83. The lowest BCUT2D eigenvalue weighted by molar-refractivity contribution is 0.223. The van der Waals surface area contributed by atoms with Crippen molar-refractivity contribution < 1.29 is 4.39 Å². The first kappa shape index (κ1) is 17.0. The zero-order chi connectivity index (χ0) is 16.9. The van der Waals surface area contributed by atoms with Crippen molar-refractivity contribution in [3.8, 4) is 0 Å². The van der Waals surface area contributed by atoms with Gasteiger partial charge in [0.05, 0.1) is 12.1 Å². The van der Waals surface area contributed by atoms with E-state index >= 15 is 0 Å². The van der Waals surface area contributed by atoms with Gasteiger partial charge in [0.1, 0.15) is 5.82 Å². The molecule has 0 N–H and O–H groups in total. The normalized spacial score (nSPS) is 17.3. The van der Waals surface area contributed by atoms with E-state index in [1.165, 1.54) is 31.4 Å². The minimum Gasteiger partial charge on any atom is -0.290 e. The van der Waals surface area contributed by atoms with Crippen LogP contribution in [0.5, 0.6) is 0 Å². The summed E-state index contributed by atoms with van der Waals surface area (Å²) in [4.78, 5) is 2.32. The molecule has 1 atom stereocenters. The smallest absolute Gasteiger partial charge is 0.173 e. The SMILES string of the molecule is CCN(CC)[C@@H](c1ccc(F)cc1)c1nnnn1C1CCCCC1. The molecule has 24 heavy (non-hydrogen) atoms. The third-order valence-corrected chi connectivity index (χ3v) is 5.05. The molecule has 1 aromatic heterocycles. The number of hydrogen-bond acceptors (Lipinski definition) is 4. The summed E-state index contributed by atoms with van der Waals surface area (Å²) in [7, 11) is 0. The Hall–Kier alpha value is -1.82. The van der Waals surface area contributed by atoms with Crippen LogP contribution in [0, 0.1) is 5.82 Å². The van der Waals surface area contributed by atoms with Gasteiger partial charge in [0.2, 0.25) is 0 Å². The van der Waals surface area contributed by atoms with Crippen LogP contribution in [-0.4, -0.2) is 38.2 Å². The zero-order valence-electron chi connectivity index (χ0n) is 14.5. The highest BCUT2D eigenvalue weighted by Gasteiger charge is 2.29. The molecule has 130 valence electrons. The van der Waals surface area contributed by atoms with Crippen molar-refractivity contribution in [2.24, 2.45) is 0 Å². The van der Waals surface area contributed by atoms with Crippen molar-refractivity contribution in [1.29, 1.82) is 0 Å². The summed E-state index contributed by atoms with van der Waals surface area (Å²) in [6.45, 7) is 6.04. The van der Waals surface area contributed by atoms with E-state index in [0.717, 1.165) is 37.3 Å². The van der Waals surface area contributed by atoms with Crippen molar-refractivity contribution in [3.63, 3.8) is 0 Å². The molecule has 1 aliphatic carbocycles. The Morgan fingerprint density at radius 2 is 1.79 bits per heavy atom. The van der Waals surface area contributed by atoms with Crippen molar-refractivity contribution in [2.45, 2.75) is 58.0 Å². The van der Waals surface area contributed by atoms with Crippen molar-refractivity contribution >= 4 is 0 Å². The molecule has 0 unspecified atom stereocenters. The molecule has 2 aromatic rings. The molecule has 3 rings (SSSR count). The molecular formula is C18H26FN5. The first-order valence-corrected chi connectivity index (χ1v) is 9.01. The van der Waals surface area contributed by atoms with Gasteiger partial charge in [0, 0.05) is 0 Å². The van der Waals surface area contributed by atoms with E-state index in [1.54, 1.807) is 0 Å². The van der Waals surface area contributed by atoms with Crippen LogP contribution in [0.3, 0.4) is 0 Å². The Labute approximate surface area is 142 Å². The summed E-state index contributed by atoms with van der Waals surface area (Å²) < 4.78 is 15.4. The highest BCUT2D eigenvalue weighted by atomic mass is 19.1. The quantitative estimate of drug-likeness (QED) is 0.809. The number of nitrogens with zero attached hydrogens (tertiary/aromatic N) is 5. The molecule has 0 bridgehead atoms. The summed E-state index contributed by atoms with van der Waals surface area (Å²) in [5.41, 5.74) is 1.03. The number of aromatic nitrogens is 4. The maximum atomic E-state index is 13.4. The fraction of sp³-hybridized carbons (Fsp3) is 0.611. The van der Waals surface area contributed by atoms with Gasteiger partial charge in [-0.1, -0.05) is 45.2 Å². The van der Waals surface area contributed by atoms with Crippen LogP contribution in [0.25, 0.3) is 0 Å². The summed E-state index contributed by atoms with van der Waals surface area (Å²) in [5.74, 6) is 0.654. The topological polar surface area (TPSA) is 46.8 Å². The van der Waals surface area contributed by atoms with Gasteiger partial charge in [-0.15, -0.1) is 5.10 Å². The van der Waals surface area contributed by atoms with Crippen LogP contribution >= 0.6 is 0 Å². The molecule has 0 spiro atoms. The predicted molar refractivity (Wildman–Crippen MR) is 91.1 cm³/mol. The van der Waals surface area contributed by atoms with E-state index in [-0.39, 0.29) is 11.9 Å². The third kappa shape index (κ3) is 3.48. The van der Waals surface area contributed by atoms with Gasteiger partial charge in [-0.3, -0.25) is 4.90 Å². The lowest BCUT2D eigenvalue weighted by Gasteiger charge is -2.31. The largest absolute Gasteiger partial charge is 0.290 e. The Morgan fingerprint density at radius 3 is 2.42 bits per heavy atom. The Kier molecular flexibility index (Phi) is 5.56. The van der Waals surface area contributed by atoms with E-state index in [9.17, 15) is 4.39 Å². The summed E-state index contributed by atoms with van der Waals surface area (Å²) in [5, 5.41) is 12.7. The number of halogens is 1. The Morgan fingerprint density at radius 1 is 1.12 bits per heavy atom. The minimum atomic E-state index is -0.219. The monoisotopic (exact) mass is 331 g/mol. The first-order valence-electron chi connectivity index (χ1n) is 9.01. The summed E-state index contributed by atoms with van der Waals surface area (Å²) >= 11 is 0.